The van der Waals surface area contributed by atoms with E-state index in [9.17, 15) is 20.2 Å². The Kier molecular flexibility index (Phi) is 8.14. The number of nitrogens with two attached hydrogens (primary N) is 1. The topological polar surface area (TPSA) is 138 Å². The summed E-state index contributed by atoms with van der Waals surface area (Å²) in [5.74, 6) is -0.290. The molecule has 0 bridgehead atoms. The quantitative estimate of drug-likeness (QED) is 0.112. The van der Waals surface area contributed by atoms with Crippen LogP contribution in [-0.2, 0) is 0 Å². The fraction of sp³-hybridized carbons (Fsp3) is 0.214. The summed E-state index contributed by atoms with van der Waals surface area (Å²) < 4.78 is 16.9. The Morgan fingerprint density at radius 2 is 1.87 bits per heavy atom. The van der Waals surface area contributed by atoms with Crippen LogP contribution in [0, 0.1) is 21.4 Å². The van der Waals surface area contributed by atoms with Gasteiger partial charge in [-0.15, -0.1) is 0 Å². The molecule has 0 aliphatic carbocycles. The molecule has 4 rings (SSSR count). The van der Waals surface area contributed by atoms with Gasteiger partial charge in [-0.1, -0.05) is 49.6 Å². The number of carbonyl (C=O) groups excluding carboxylic acids is 1. The Morgan fingerprint density at radius 3 is 2.55 bits per heavy atom. The van der Waals surface area contributed by atoms with Crippen LogP contribution in [-0.4, -0.2) is 17.5 Å². The summed E-state index contributed by atoms with van der Waals surface area (Å²) in [7, 11) is 0. The molecule has 0 spiro atoms. The zero-order valence-corrected chi connectivity index (χ0v) is 21.2. The normalized spacial score (nSPS) is 14.2. The molecule has 1 aliphatic rings. The fourth-order valence-corrected chi connectivity index (χ4v) is 4.28. The van der Waals surface area contributed by atoms with Crippen molar-refractivity contribution >= 4 is 23.3 Å². The molecule has 3 aromatic rings. The Bertz CT molecular complexity index is 1450. The summed E-state index contributed by atoms with van der Waals surface area (Å²) >= 11 is 6.06. The van der Waals surface area contributed by atoms with Gasteiger partial charge in [0.15, 0.2) is 0 Å². The summed E-state index contributed by atoms with van der Waals surface area (Å²) in [6.45, 7) is 2.76. The predicted molar refractivity (Wildman–Crippen MR) is 140 cm³/mol. The highest BCUT2D eigenvalue weighted by Crippen LogP contribution is 2.43. The lowest BCUT2D eigenvalue weighted by Crippen LogP contribution is -2.21. The van der Waals surface area contributed by atoms with Gasteiger partial charge in [0.2, 0.25) is 5.88 Å². The number of rotatable bonds is 9. The molecule has 0 fully saturated rings. The minimum atomic E-state index is -0.873. The van der Waals surface area contributed by atoms with Crippen LogP contribution in [0.15, 0.2) is 72.1 Å². The number of esters is 1. The zero-order valence-electron chi connectivity index (χ0n) is 20.5. The molecule has 1 unspecified atom stereocenters. The number of halogens is 1. The molecule has 0 radical (unpaired) electrons. The van der Waals surface area contributed by atoms with Gasteiger partial charge < -0.3 is 19.9 Å². The van der Waals surface area contributed by atoms with Crippen LogP contribution in [0.2, 0.25) is 5.02 Å². The maximum absolute atomic E-state index is 12.7. The molecule has 194 valence electrons. The summed E-state index contributed by atoms with van der Waals surface area (Å²) in [5.41, 5.74) is 7.35. The second-order valence-corrected chi connectivity index (χ2v) is 8.97. The van der Waals surface area contributed by atoms with E-state index in [-0.39, 0.29) is 33.5 Å². The number of nitro groups is 1. The molecular weight excluding hydrogens is 510 g/mol. The Balaban J connectivity index is 1.59. The number of hydrogen-bond donors (Lipinski definition) is 1. The lowest BCUT2D eigenvalue weighted by molar-refractivity contribution is -0.384. The van der Waals surface area contributed by atoms with E-state index in [0.29, 0.717) is 17.9 Å². The number of nitrogens with zero attached hydrogens (tertiary/aromatic N) is 2. The number of benzene rings is 3. The third-order valence-electron chi connectivity index (χ3n) is 6.01. The molecule has 2 N–H and O–H groups in total. The number of unbranched alkanes of at least 4 members (excludes halogenated alkanes) is 2. The van der Waals surface area contributed by atoms with Crippen LogP contribution in [0.3, 0.4) is 0 Å². The van der Waals surface area contributed by atoms with Crippen molar-refractivity contribution in [2.45, 2.75) is 32.1 Å². The fourth-order valence-electron chi connectivity index (χ4n) is 4.09. The molecule has 0 aromatic heterocycles. The lowest BCUT2D eigenvalue weighted by atomic mass is 9.83. The van der Waals surface area contributed by atoms with Gasteiger partial charge in [-0.3, -0.25) is 10.1 Å². The maximum atomic E-state index is 12.7. The van der Waals surface area contributed by atoms with Crippen molar-refractivity contribution in [2.75, 3.05) is 6.61 Å². The average Bonchev–Trinajstić information content (AvgIpc) is 2.90. The van der Waals surface area contributed by atoms with Crippen LogP contribution in [0.25, 0.3) is 0 Å². The molecule has 0 saturated heterocycles. The van der Waals surface area contributed by atoms with Gasteiger partial charge in [0.1, 0.15) is 28.9 Å². The number of non-ortho nitro benzene ring substituents is 1. The van der Waals surface area contributed by atoms with Crippen molar-refractivity contribution in [1.29, 1.82) is 5.26 Å². The van der Waals surface area contributed by atoms with Crippen molar-refractivity contribution < 1.29 is 23.9 Å². The molecular formula is C28H24ClN3O6. The van der Waals surface area contributed by atoms with Gasteiger partial charge in [-0.2, -0.15) is 5.26 Å². The number of fused-ring (bicyclic) bond motifs is 1. The Labute approximate surface area is 224 Å². The lowest BCUT2D eigenvalue weighted by Gasteiger charge is -2.26. The highest BCUT2D eigenvalue weighted by Gasteiger charge is 2.31. The van der Waals surface area contributed by atoms with Crippen molar-refractivity contribution in [3.8, 4) is 23.3 Å². The number of hydrogen-bond acceptors (Lipinski definition) is 8. The summed E-state index contributed by atoms with van der Waals surface area (Å²) in [6.07, 6.45) is 3.19. The van der Waals surface area contributed by atoms with Gasteiger partial charge in [-0.25, -0.2) is 4.79 Å². The first kappa shape index (κ1) is 26.5. The minimum Gasteiger partial charge on any atom is -0.494 e. The van der Waals surface area contributed by atoms with Gasteiger partial charge in [0, 0.05) is 23.8 Å². The number of carbonyl (C=O) groups is 1. The predicted octanol–water partition coefficient (Wildman–Crippen LogP) is 6.25. The van der Waals surface area contributed by atoms with Gasteiger partial charge in [-0.05, 0) is 36.2 Å². The minimum absolute atomic E-state index is 0.0125. The molecule has 0 saturated carbocycles. The third-order valence-corrected chi connectivity index (χ3v) is 6.34. The van der Waals surface area contributed by atoms with Crippen LogP contribution in [0.1, 0.15) is 53.6 Å². The van der Waals surface area contributed by atoms with Crippen LogP contribution < -0.4 is 19.9 Å². The number of allylic oxidation sites excluding steroid dienone is 1. The van der Waals surface area contributed by atoms with Gasteiger partial charge >= 0.3 is 5.97 Å². The molecule has 10 heteroatoms. The first-order chi connectivity index (χ1) is 18.3. The average molecular weight is 534 g/mol. The first-order valence-corrected chi connectivity index (χ1v) is 12.3. The van der Waals surface area contributed by atoms with Crippen molar-refractivity contribution in [3.05, 3.63) is 104 Å². The van der Waals surface area contributed by atoms with E-state index in [0.717, 1.165) is 36.6 Å². The van der Waals surface area contributed by atoms with Crippen molar-refractivity contribution in [2.24, 2.45) is 5.73 Å². The summed E-state index contributed by atoms with van der Waals surface area (Å²) in [4.78, 5) is 23.2. The third kappa shape index (κ3) is 5.71. The summed E-state index contributed by atoms with van der Waals surface area (Å²) in [6, 6.07) is 17.8. The van der Waals surface area contributed by atoms with Crippen LogP contribution >= 0.6 is 11.6 Å². The molecule has 1 heterocycles. The van der Waals surface area contributed by atoms with E-state index >= 15 is 0 Å². The van der Waals surface area contributed by atoms with Crippen LogP contribution in [0.4, 0.5) is 5.69 Å². The Hall–Kier alpha value is -4.55. The molecule has 1 aliphatic heterocycles. The van der Waals surface area contributed by atoms with E-state index in [1.165, 1.54) is 18.2 Å². The molecule has 3 aromatic carbocycles. The first-order valence-electron chi connectivity index (χ1n) is 11.9. The van der Waals surface area contributed by atoms with Gasteiger partial charge in [0.25, 0.3) is 5.69 Å². The Morgan fingerprint density at radius 1 is 1.13 bits per heavy atom. The van der Waals surface area contributed by atoms with Gasteiger partial charge in [0.05, 0.1) is 28.0 Å². The second kappa shape index (κ2) is 11.7. The monoisotopic (exact) mass is 533 g/mol. The van der Waals surface area contributed by atoms with Crippen molar-refractivity contribution in [3.63, 3.8) is 0 Å². The number of nitro benzene ring substituents is 1. The van der Waals surface area contributed by atoms with E-state index < -0.39 is 16.8 Å². The van der Waals surface area contributed by atoms with Crippen molar-refractivity contribution in [1.82, 2.24) is 0 Å². The summed E-state index contributed by atoms with van der Waals surface area (Å²) in [5, 5.41) is 20.9. The highest BCUT2D eigenvalue weighted by atomic mass is 35.5. The molecule has 9 nitrogen and oxygen atoms in total. The van der Waals surface area contributed by atoms with E-state index in [2.05, 4.69) is 13.0 Å². The second-order valence-electron chi connectivity index (χ2n) is 8.56. The van der Waals surface area contributed by atoms with Crippen LogP contribution in [0.5, 0.6) is 17.2 Å². The molecule has 38 heavy (non-hydrogen) atoms. The highest BCUT2D eigenvalue weighted by molar-refractivity contribution is 6.33. The smallest absolute Gasteiger partial charge is 0.345 e. The number of nitriles is 1. The van der Waals surface area contributed by atoms with E-state index in [1.807, 2.05) is 24.3 Å². The number of ether oxygens (including phenoxy) is 3. The SMILES string of the molecule is CCCCCOc1ccc(C2C(C#N)=C(N)Oc3cc(OC(=O)c4cc([N+](=O)[O-])ccc4Cl)ccc32)cc1. The molecule has 0 amide bonds. The standard InChI is InChI=1S/C28H24ClN3O6/c1-2-3-4-13-36-19-8-5-17(6-9-19)26-21-11-10-20(15-25(21)38-27(31)23(26)16-30)37-28(33)22-14-18(32(34)35)7-12-24(22)29/h5-12,14-15,26H,2-4,13,31H2,1H3. The zero-order chi connectivity index (χ0) is 27.2. The largest absolute Gasteiger partial charge is 0.494 e. The van der Waals surface area contributed by atoms with E-state index in [1.54, 1.807) is 12.1 Å². The molecule has 1 atom stereocenters. The van der Waals surface area contributed by atoms with E-state index in [4.69, 9.17) is 31.5 Å². The maximum Gasteiger partial charge on any atom is 0.345 e.